The molecule has 0 spiro atoms. The first kappa shape index (κ1) is 24.1. The Morgan fingerprint density at radius 3 is 2.00 bits per heavy atom. The molecule has 176 valence electrons. The van der Waals surface area contributed by atoms with E-state index in [1.54, 1.807) is 19.1 Å². The third kappa shape index (κ3) is 6.47. The van der Waals surface area contributed by atoms with Crippen molar-refractivity contribution in [2.75, 3.05) is 25.1 Å². The average molecular weight is 454 g/mol. The minimum atomic E-state index is -0.396. The molecule has 0 aromatic heterocycles. The third-order valence-corrected chi connectivity index (χ3v) is 5.01. The summed E-state index contributed by atoms with van der Waals surface area (Å²) in [5.74, 6) is 1.18. The van der Waals surface area contributed by atoms with E-state index in [4.69, 9.17) is 14.2 Å². The molecule has 1 saturated carbocycles. The number of carbonyl (C=O) groups is 2. The number of carbonyl (C=O) groups excluding carboxylic acids is 2. The highest BCUT2D eigenvalue weighted by atomic mass is 16.5. The van der Waals surface area contributed by atoms with Crippen LogP contribution in [-0.2, 0) is 4.79 Å². The Morgan fingerprint density at radius 1 is 0.909 bits per heavy atom. The van der Waals surface area contributed by atoms with E-state index < -0.39 is 5.91 Å². The van der Waals surface area contributed by atoms with E-state index in [0.29, 0.717) is 48.3 Å². The maximum atomic E-state index is 12.8. The molecule has 2 N–H and O–H groups in total. The number of amides is 2. The summed E-state index contributed by atoms with van der Waals surface area (Å²) < 4.78 is 17.0. The van der Waals surface area contributed by atoms with Crippen LogP contribution in [0.1, 0.15) is 56.5 Å². The van der Waals surface area contributed by atoms with Crippen molar-refractivity contribution in [3.63, 3.8) is 0 Å². The zero-order valence-electron chi connectivity index (χ0n) is 19.6. The van der Waals surface area contributed by atoms with Crippen molar-refractivity contribution in [2.24, 2.45) is 11.0 Å². The topological polar surface area (TPSA) is 98.2 Å². The van der Waals surface area contributed by atoms with E-state index in [0.717, 1.165) is 24.1 Å². The molecule has 0 heterocycles. The second-order valence-corrected chi connectivity index (χ2v) is 7.58. The fourth-order valence-corrected chi connectivity index (χ4v) is 3.17. The standard InChI is InChI=1S/C25H31N3O5/c1-5-31-21-14-19(15-22(32-6-2)23(21)33-7-3)25(30)28-27-16(4)17-10-12-20(13-11-17)26-24(29)18-8-9-18/h10-15,18H,5-9H2,1-4H3,(H,26,29)(H,28,30)/b27-16+. The first-order valence-electron chi connectivity index (χ1n) is 11.3. The third-order valence-electron chi connectivity index (χ3n) is 5.01. The van der Waals surface area contributed by atoms with E-state index in [1.807, 2.05) is 45.0 Å². The van der Waals surface area contributed by atoms with Crippen molar-refractivity contribution in [1.82, 2.24) is 5.43 Å². The summed E-state index contributed by atoms with van der Waals surface area (Å²) in [5.41, 5.74) is 5.14. The highest BCUT2D eigenvalue weighted by Crippen LogP contribution is 2.39. The molecule has 8 heteroatoms. The molecule has 1 aliphatic rings. The van der Waals surface area contributed by atoms with Gasteiger partial charge in [0.25, 0.3) is 5.91 Å². The van der Waals surface area contributed by atoms with Crippen LogP contribution in [0.2, 0.25) is 0 Å². The fourth-order valence-electron chi connectivity index (χ4n) is 3.17. The van der Waals surface area contributed by atoms with Gasteiger partial charge in [-0.15, -0.1) is 0 Å². The van der Waals surface area contributed by atoms with Gasteiger partial charge in [-0.25, -0.2) is 5.43 Å². The Morgan fingerprint density at radius 2 is 1.48 bits per heavy atom. The molecule has 2 aromatic carbocycles. The molecule has 0 bridgehead atoms. The zero-order valence-corrected chi connectivity index (χ0v) is 19.6. The molecule has 8 nitrogen and oxygen atoms in total. The smallest absolute Gasteiger partial charge is 0.271 e. The van der Waals surface area contributed by atoms with Gasteiger partial charge in [0.15, 0.2) is 11.5 Å². The van der Waals surface area contributed by atoms with E-state index in [1.165, 1.54) is 0 Å². The molecule has 2 amide bonds. The van der Waals surface area contributed by atoms with Gasteiger partial charge in [-0.2, -0.15) is 5.10 Å². The van der Waals surface area contributed by atoms with E-state index >= 15 is 0 Å². The molecule has 33 heavy (non-hydrogen) atoms. The predicted molar refractivity (Wildman–Crippen MR) is 127 cm³/mol. The summed E-state index contributed by atoms with van der Waals surface area (Å²) in [4.78, 5) is 24.7. The van der Waals surface area contributed by atoms with Crippen LogP contribution in [0, 0.1) is 5.92 Å². The summed E-state index contributed by atoms with van der Waals surface area (Å²) >= 11 is 0. The normalized spacial score (nSPS) is 13.3. The van der Waals surface area contributed by atoms with Crippen LogP contribution in [0.5, 0.6) is 17.2 Å². The lowest BCUT2D eigenvalue weighted by atomic mass is 10.1. The lowest BCUT2D eigenvalue weighted by Gasteiger charge is -2.16. The number of rotatable bonds is 11. The number of anilines is 1. The number of hydrogen-bond donors (Lipinski definition) is 2. The lowest BCUT2D eigenvalue weighted by Crippen LogP contribution is -2.20. The number of ether oxygens (including phenoxy) is 3. The fraction of sp³-hybridized carbons (Fsp3) is 0.400. The largest absolute Gasteiger partial charge is 0.490 e. The van der Waals surface area contributed by atoms with Gasteiger partial charge in [-0.1, -0.05) is 12.1 Å². The van der Waals surface area contributed by atoms with Crippen LogP contribution in [0.3, 0.4) is 0 Å². The van der Waals surface area contributed by atoms with E-state index in [2.05, 4.69) is 15.8 Å². The first-order valence-corrected chi connectivity index (χ1v) is 11.3. The van der Waals surface area contributed by atoms with Gasteiger partial charge in [0, 0.05) is 17.2 Å². The predicted octanol–water partition coefficient (Wildman–Crippen LogP) is 4.39. The van der Waals surface area contributed by atoms with Crippen molar-refractivity contribution in [3.05, 3.63) is 47.5 Å². The molecule has 0 aliphatic heterocycles. The molecule has 0 unspecified atom stereocenters. The summed E-state index contributed by atoms with van der Waals surface area (Å²) in [6.07, 6.45) is 1.92. The molecule has 1 fully saturated rings. The van der Waals surface area contributed by atoms with Crippen molar-refractivity contribution in [2.45, 2.75) is 40.5 Å². The second kappa shape index (κ2) is 11.4. The molecular weight excluding hydrogens is 422 g/mol. The maximum Gasteiger partial charge on any atom is 0.271 e. The number of benzene rings is 2. The van der Waals surface area contributed by atoms with Crippen LogP contribution in [0.25, 0.3) is 0 Å². The Labute approximate surface area is 194 Å². The van der Waals surface area contributed by atoms with Crippen molar-refractivity contribution < 1.29 is 23.8 Å². The summed E-state index contributed by atoms with van der Waals surface area (Å²) in [6.45, 7) is 8.68. The highest BCUT2D eigenvalue weighted by molar-refractivity contribution is 6.02. The number of hydrazone groups is 1. The second-order valence-electron chi connectivity index (χ2n) is 7.58. The first-order chi connectivity index (χ1) is 16.0. The minimum Gasteiger partial charge on any atom is -0.490 e. The SMILES string of the molecule is CCOc1cc(C(=O)N/N=C(\C)c2ccc(NC(=O)C3CC3)cc2)cc(OCC)c1OCC. The van der Waals surface area contributed by atoms with Gasteiger partial charge in [0.05, 0.1) is 25.5 Å². The molecule has 1 aliphatic carbocycles. The molecule has 2 aromatic rings. The Kier molecular flexibility index (Phi) is 8.29. The highest BCUT2D eigenvalue weighted by Gasteiger charge is 2.29. The van der Waals surface area contributed by atoms with Gasteiger partial charge in [0.1, 0.15) is 0 Å². The quantitative estimate of drug-likeness (QED) is 0.389. The summed E-state index contributed by atoms with van der Waals surface area (Å²) in [5, 5.41) is 7.13. The van der Waals surface area contributed by atoms with E-state index in [-0.39, 0.29) is 11.8 Å². The van der Waals surface area contributed by atoms with Crippen molar-refractivity contribution in [1.29, 1.82) is 0 Å². The van der Waals surface area contributed by atoms with Gasteiger partial charge in [-0.05, 0) is 70.4 Å². The van der Waals surface area contributed by atoms with Crippen LogP contribution in [0.4, 0.5) is 5.69 Å². The number of nitrogens with zero attached hydrogens (tertiary/aromatic N) is 1. The molecule has 3 rings (SSSR count). The Hall–Kier alpha value is -3.55. The zero-order chi connectivity index (χ0) is 23.8. The number of hydrogen-bond acceptors (Lipinski definition) is 6. The summed E-state index contributed by atoms with van der Waals surface area (Å²) in [7, 11) is 0. The molecule has 0 saturated heterocycles. The van der Waals surface area contributed by atoms with Crippen LogP contribution in [-0.4, -0.2) is 37.3 Å². The Balaban J connectivity index is 1.72. The van der Waals surface area contributed by atoms with Gasteiger partial charge < -0.3 is 19.5 Å². The van der Waals surface area contributed by atoms with Crippen LogP contribution < -0.4 is 25.0 Å². The lowest BCUT2D eigenvalue weighted by molar-refractivity contribution is -0.117. The molecule has 0 atom stereocenters. The molecular formula is C25H31N3O5. The van der Waals surface area contributed by atoms with Gasteiger partial charge in [0.2, 0.25) is 11.7 Å². The van der Waals surface area contributed by atoms with Crippen molar-refractivity contribution >= 4 is 23.2 Å². The average Bonchev–Trinajstić information content (AvgIpc) is 3.65. The van der Waals surface area contributed by atoms with Gasteiger partial charge >= 0.3 is 0 Å². The number of nitrogens with one attached hydrogen (secondary N) is 2. The van der Waals surface area contributed by atoms with Gasteiger partial charge in [-0.3, -0.25) is 9.59 Å². The Bertz CT molecular complexity index is 986. The van der Waals surface area contributed by atoms with E-state index in [9.17, 15) is 9.59 Å². The summed E-state index contributed by atoms with van der Waals surface area (Å²) in [6, 6.07) is 10.6. The van der Waals surface area contributed by atoms with Crippen LogP contribution >= 0.6 is 0 Å². The monoisotopic (exact) mass is 453 g/mol. The molecule has 0 radical (unpaired) electrons. The van der Waals surface area contributed by atoms with Crippen molar-refractivity contribution in [3.8, 4) is 17.2 Å². The minimum absolute atomic E-state index is 0.0635. The maximum absolute atomic E-state index is 12.8. The van der Waals surface area contributed by atoms with Crippen LogP contribution in [0.15, 0.2) is 41.5 Å².